The molecule has 1 saturated carbocycles. The standard InChI is InChI=1S/C23H21F3N4O3S/c24-23(25,26)18-10-11-19(27-22(18)17-5-2-1-4-16(17)14-8-9-14)29-34(32,33)21-7-3-6-20(28-21)30-12-15(31)13-30/h1-7,10-11,14-15,31H,8-9,12-13H2,(H,27,29). The molecule has 1 aliphatic heterocycles. The van der Waals surface area contributed by atoms with Crippen LogP contribution >= 0.6 is 0 Å². The van der Waals surface area contributed by atoms with Crippen molar-refractivity contribution in [3.63, 3.8) is 0 Å². The van der Waals surface area contributed by atoms with Crippen LogP contribution in [-0.4, -0.2) is 42.7 Å². The van der Waals surface area contributed by atoms with Gasteiger partial charge in [0.25, 0.3) is 10.0 Å². The first kappa shape index (κ1) is 22.6. The average molecular weight is 491 g/mol. The molecule has 2 aliphatic rings. The van der Waals surface area contributed by atoms with Crippen molar-refractivity contribution in [2.45, 2.75) is 36.1 Å². The van der Waals surface area contributed by atoms with Gasteiger partial charge in [-0.25, -0.2) is 9.97 Å². The molecule has 1 aliphatic carbocycles. The molecule has 1 saturated heterocycles. The summed E-state index contributed by atoms with van der Waals surface area (Å²) in [6.07, 6.45) is -3.37. The van der Waals surface area contributed by atoms with Gasteiger partial charge in [0.1, 0.15) is 11.6 Å². The zero-order valence-electron chi connectivity index (χ0n) is 17.8. The number of nitrogens with one attached hydrogen (secondary N) is 1. The molecule has 34 heavy (non-hydrogen) atoms. The Labute approximate surface area is 194 Å². The van der Waals surface area contributed by atoms with Crippen LogP contribution in [0.4, 0.5) is 24.8 Å². The van der Waals surface area contributed by atoms with E-state index in [1.807, 2.05) is 0 Å². The lowest BCUT2D eigenvalue weighted by Crippen LogP contribution is -2.51. The predicted molar refractivity (Wildman–Crippen MR) is 120 cm³/mol. The molecule has 0 bridgehead atoms. The van der Waals surface area contributed by atoms with Gasteiger partial charge in [0, 0.05) is 18.7 Å². The Morgan fingerprint density at radius 3 is 2.38 bits per heavy atom. The molecular weight excluding hydrogens is 469 g/mol. The lowest BCUT2D eigenvalue weighted by atomic mass is 9.97. The minimum absolute atomic E-state index is 0.173. The highest BCUT2D eigenvalue weighted by Crippen LogP contribution is 2.46. The number of hydrogen-bond donors (Lipinski definition) is 2. The lowest BCUT2D eigenvalue weighted by Gasteiger charge is -2.36. The Balaban J connectivity index is 1.51. The van der Waals surface area contributed by atoms with E-state index in [2.05, 4.69) is 14.7 Å². The summed E-state index contributed by atoms with van der Waals surface area (Å²) in [4.78, 5) is 9.96. The van der Waals surface area contributed by atoms with E-state index in [1.54, 1.807) is 35.2 Å². The highest BCUT2D eigenvalue weighted by molar-refractivity contribution is 7.92. The summed E-state index contributed by atoms with van der Waals surface area (Å²) in [5.74, 6) is 0.319. The van der Waals surface area contributed by atoms with Crippen molar-refractivity contribution in [2.75, 3.05) is 22.7 Å². The zero-order chi connectivity index (χ0) is 24.1. The Morgan fingerprint density at radius 1 is 0.971 bits per heavy atom. The number of aliphatic hydroxyl groups is 1. The number of hydrogen-bond acceptors (Lipinski definition) is 6. The zero-order valence-corrected chi connectivity index (χ0v) is 18.6. The molecule has 3 aromatic rings. The summed E-state index contributed by atoms with van der Waals surface area (Å²) in [6.45, 7) is 0.683. The molecule has 0 radical (unpaired) electrons. The Bertz CT molecular complexity index is 1340. The van der Waals surface area contributed by atoms with Crippen LogP contribution in [0.1, 0.15) is 29.9 Å². The van der Waals surface area contributed by atoms with Gasteiger partial charge in [0.15, 0.2) is 5.03 Å². The van der Waals surface area contributed by atoms with E-state index >= 15 is 0 Å². The molecular formula is C23H21F3N4O3S. The number of β-amino-alcohol motifs (C(OH)–C–C–N with tert-alkyl or cyclic N) is 1. The molecule has 5 rings (SSSR count). The van der Waals surface area contributed by atoms with Gasteiger partial charge >= 0.3 is 6.18 Å². The lowest BCUT2D eigenvalue weighted by molar-refractivity contribution is -0.137. The Hall–Kier alpha value is -3.18. The first-order chi connectivity index (χ1) is 16.1. The van der Waals surface area contributed by atoms with E-state index in [4.69, 9.17) is 0 Å². The van der Waals surface area contributed by atoms with E-state index < -0.39 is 27.9 Å². The van der Waals surface area contributed by atoms with Gasteiger partial charge in [0.2, 0.25) is 0 Å². The molecule has 7 nitrogen and oxygen atoms in total. The fourth-order valence-electron chi connectivity index (χ4n) is 3.98. The molecule has 1 aromatic carbocycles. The number of pyridine rings is 2. The first-order valence-electron chi connectivity index (χ1n) is 10.7. The Morgan fingerprint density at radius 2 is 1.71 bits per heavy atom. The normalized spacial score (nSPS) is 16.9. The molecule has 0 spiro atoms. The van der Waals surface area contributed by atoms with Crippen LogP contribution in [0.25, 0.3) is 11.3 Å². The molecule has 3 heterocycles. The number of benzene rings is 1. The molecule has 0 amide bonds. The summed E-state index contributed by atoms with van der Waals surface area (Å²) in [5, 5.41) is 9.17. The number of aliphatic hydroxyl groups excluding tert-OH is 1. The number of aromatic nitrogens is 2. The molecule has 11 heteroatoms. The van der Waals surface area contributed by atoms with Gasteiger partial charge in [-0.15, -0.1) is 0 Å². The number of alkyl halides is 3. The van der Waals surface area contributed by atoms with E-state index in [-0.39, 0.29) is 22.5 Å². The summed E-state index contributed by atoms with van der Waals surface area (Å²) in [6, 6.07) is 13.0. The molecule has 178 valence electrons. The highest BCUT2D eigenvalue weighted by Gasteiger charge is 2.37. The van der Waals surface area contributed by atoms with Gasteiger partial charge < -0.3 is 10.0 Å². The third kappa shape index (κ3) is 4.45. The number of halogens is 3. The van der Waals surface area contributed by atoms with Crippen molar-refractivity contribution >= 4 is 21.7 Å². The topological polar surface area (TPSA) is 95.4 Å². The fraction of sp³-hybridized carbons (Fsp3) is 0.304. The van der Waals surface area contributed by atoms with Crippen LogP contribution in [0.15, 0.2) is 59.6 Å². The monoisotopic (exact) mass is 490 g/mol. The van der Waals surface area contributed by atoms with Crippen molar-refractivity contribution < 1.29 is 26.7 Å². The molecule has 2 fully saturated rings. The van der Waals surface area contributed by atoms with Crippen LogP contribution < -0.4 is 9.62 Å². The van der Waals surface area contributed by atoms with E-state index in [1.165, 1.54) is 12.1 Å². The third-order valence-electron chi connectivity index (χ3n) is 5.84. The van der Waals surface area contributed by atoms with Gasteiger partial charge in [0.05, 0.1) is 17.4 Å². The van der Waals surface area contributed by atoms with Crippen molar-refractivity contribution in [1.29, 1.82) is 0 Å². The number of sulfonamides is 1. The molecule has 2 N–H and O–H groups in total. The highest BCUT2D eigenvalue weighted by atomic mass is 32.2. The van der Waals surface area contributed by atoms with Crippen molar-refractivity contribution in [2.24, 2.45) is 0 Å². The van der Waals surface area contributed by atoms with E-state index in [0.717, 1.165) is 30.5 Å². The van der Waals surface area contributed by atoms with Crippen molar-refractivity contribution in [3.8, 4) is 11.3 Å². The van der Waals surface area contributed by atoms with Crippen molar-refractivity contribution in [1.82, 2.24) is 9.97 Å². The summed E-state index contributed by atoms with van der Waals surface area (Å²) >= 11 is 0. The maximum atomic E-state index is 13.8. The molecule has 2 aromatic heterocycles. The summed E-state index contributed by atoms with van der Waals surface area (Å²) < 4.78 is 69.6. The van der Waals surface area contributed by atoms with E-state index in [0.29, 0.717) is 24.5 Å². The second-order valence-electron chi connectivity index (χ2n) is 8.45. The van der Waals surface area contributed by atoms with Crippen LogP contribution in [0.3, 0.4) is 0 Å². The maximum Gasteiger partial charge on any atom is 0.418 e. The molecule has 0 unspecified atom stereocenters. The maximum absolute atomic E-state index is 13.8. The smallest absolute Gasteiger partial charge is 0.389 e. The van der Waals surface area contributed by atoms with Crippen LogP contribution in [-0.2, 0) is 16.2 Å². The number of rotatable bonds is 6. The Kier molecular flexibility index (Phi) is 5.48. The average Bonchev–Trinajstić information content (AvgIpc) is 3.61. The number of nitrogens with zero attached hydrogens (tertiary/aromatic N) is 3. The largest absolute Gasteiger partial charge is 0.418 e. The van der Waals surface area contributed by atoms with Crippen LogP contribution in [0.2, 0.25) is 0 Å². The third-order valence-corrected chi connectivity index (χ3v) is 7.10. The number of anilines is 2. The van der Waals surface area contributed by atoms with Gasteiger partial charge in [-0.1, -0.05) is 30.3 Å². The fourth-order valence-corrected chi connectivity index (χ4v) is 4.94. The van der Waals surface area contributed by atoms with E-state index in [9.17, 15) is 26.7 Å². The van der Waals surface area contributed by atoms with Crippen molar-refractivity contribution in [3.05, 3.63) is 65.7 Å². The van der Waals surface area contributed by atoms with Crippen LogP contribution in [0, 0.1) is 0 Å². The minimum Gasteiger partial charge on any atom is -0.389 e. The SMILES string of the molecule is O=S(=O)(Nc1ccc(C(F)(F)F)c(-c2ccccc2C2CC2)n1)c1cccc(N2CC(O)C2)n1. The second-order valence-corrected chi connectivity index (χ2v) is 10.1. The van der Waals surface area contributed by atoms with Gasteiger partial charge in [-0.3, -0.25) is 4.72 Å². The predicted octanol–water partition coefficient (Wildman–Crippen LogP) is 4.02. The van der Waals surface area contributed by atoms with Gasteiger partial charge in [-0.05, 0) is 48.6 Å². The second kappa shape index (κ2) is 8.24. The first-order valence-corrected chi connectivity index (χ1v) is 12.2. The summed E-state index contributed by atoms with van der Waals surface area (Å²) in [5.41, 5.74) is -0.132. The summed E-state index contributed by atoms with van der Waals surface area (Å²) in [7, 11) is -4.22. The quantitative estimate of drug-likeness (QED) is 0.542. The van der Waals surface area contributed by atoms with Gasteiger partial charge in [-0.2, -0.15) is 21.6 Å². The molecule has 0 atom stereocenters. The van der Waals surface area contributed by atoms with Crippen LogP contribution in [0.5, 0.6) is 0 Å². The minimum atomic E-state index is -4.66.